The highest BCUT2D eigenvalue weighted by Crippen LogP contribution is 2.27. The summed E-state index contributed by atoms with van der Waals surface area (Å²) in [4.78, 5) is 0.310. The Morgan fingerprint density at radius 3 is 2.73 bits per heavy atom. The third-order valence-electron chi connectivity index (χ3n) is 3.74. The fraction of sp³-hybridized carbons (Fsp3) is 0.294. The molecule has 0 amide bonds. The van der Waals surface area contributed by atoms with E-state index in [1.807, 2.05) is 30.3 Å². The summed E-state index contributed by atoms with van der Waals surface area (Å²) < 4.78 is 32.9. The summed E-state index contributed by atoms with van der Waals surface area (Å²) in [5.41, 5.74) is 2.08. The van der Waals surface area contributed by atoms with E-state index >= 15 is 0 Å². The van der Waals surface area contributed by atoms with E-state index in [-0.39, 0.29) is 0 Å². The van der Waals surface area contributed by atoms with Crippen molar-refractivity contribution in [2.75, 3.05) is 13.2 Å². The fourth-order valence-corrected chi connectivity index (χ4v) is 3.64. The molecule has 0 saturated heterocycles. The second-order valence-corrected chi connectivity index (χ2v) is 7.12. The van der Waals surface area contributed by atoms with Crippen LogP contribution in [0.3, 0.4) is 0 Å². The number of hydrogen-bond donors (Lipinski definition) is 1. The SMILES string of the molecule is O=S(=O)(NCCc1ccccc1)c1ccc2c(c1)CCCO2. The maximum absolute atomic E-state index is 12.4. The summed E-state index contributed by atoms with van der Waals surface area (Å²) in [5.74, 6) is 0.800. The first-order chi connectivity index (χ1) is 10.6. The monoisotopic (exact) mass is 317 g/mol. The van der Waals surface area contributed by atoms with E-state index in [1.165, 1.54) is 0 Å². The lowest BCUT2D eigenvalue weighted by atomic mass is 10.1. The summed E-state index contributed by atoms with van der Waals surface area (Å²) in [7, 11) is -3.47. The van der Waals surface area contributed by atoms with Crippen LogP contribution < -0.4 is 9.46 Å². The van der Waals surface area contributed by atoms with Crippen LogP contribution in [0.15, 0.2) is 53.4 Å². The van der Waals surface area contributed by atoms with Crippen LogP contribution >= 0.6 is 0 Å². The molecule has 0 saturated carbocycles. The van der Waals surface area contributed by atoms with Crippen molar-refractivity contribution in [2.45, 2.75) is 24.2 Å². The Morgan fingerprint density at radius 2 is 1.91 bits per heavy atom. The van der Waals surface area contributed by atoms with Gasteiger partial charge in [0.1, 0.15) is 5.75 Å². The van der Waals surface area contributed by atoms with Crippen molar-refractivity contribution in [1.29, 1.82) is 0 Å². The first kappa shape index (κ1) is 15.1. The molecular weight excluding hydrogens is 298 g/mol. The predicted molar refractivity (Wildman–Crippen MR) is 85.6 cm³/mol. The minimum absolute atomic E-state index is 0.310. The van der Waals surface area contributed by atoms with Crippen LogP contribution in [-0.2, 0) is 22.9 Å². The molecule has 0 aromatic heterocycles. The molecule has 0 fully saturated rings. The summed E-state index contributed by atoms with van der Waals surface area (Å²) in [6, 6.07) is 14.9. The minimum atomic E-state index is -3.47. The van der Waals surface area contributed by atoms with Gasteiger partial charge in [-0.25, -0.2) is 13.1 Å². The Balaban J connectivity index is 1.67. The lowest BCUT2D eigenvalue weighted by molar-refractivity contribution is 0.288. The molecule has 5 heteroatoms. The van der Waals surface area contributed by atoms with Gasteiger partial charge < -0.3 is 4.74 Å². The number of aryl methyl sites for hydroxylation is 1. The first-order valence-corrected chi connectivity index (χ1v) is 8.93. The Hall–Kier alpha value is -1.85. The van der Waals surface area contributed by atoms with E-state index in [1.54, 1.807) is 18.2 Å². The van der Waals surface area contributed by atoms with E-state index in [0.717, 1.165) is 29.7 Å². The molecule has 0 aliphatic carbocycles. The van der Waals surface area contributed by atoms with Crippen LogP contribution in [0.2, 0.25) is 0 Å². The molecule has 22 heavy (non-hydrogen) atoms. The average Bonchev–Trinajstić information content (AvgIpc) is 2.55. The zero-order valence-corrected chi connectivity index (χ0v) is 13.1. The molecule has 4 nitrogen and oxygen atoms in total. The summed E-state index contributed by atoms with van der Waals surface area (Å²) >= 11 is 0. The molecule has 1 N–H and O–H groups in total. The summed E-state index contributed by atoms with van der Waals surface area (Å²) in [6.45, 7) is 1.09. The third-order valence-corrected chi connectivity index (χ3v) is 5.20. The molecule has 0 atom stereocenters. The fourth-order valence-electron chi connectivity index (χ4n) is 2.56. The normalized spacial score (nSPS) is 14.2. The maximum Gasteiger partial charge on any atom is 0.240 e. The highest BCUT2D eigenvalue weighted by atomic mass is 32.2. The zero-order chi connectivity index (χ0) is 15.4. The van der Waals surface area contributed by atoms with Gasteiger partial charge in [0.05, 0.1) is 11.5 Å². The molecule has 1 aliphatic heterocycles. The molecule has 116 valence electrons. The number of hydrogen-bond acceptors (Lipinski definition) is 3. The Labute approximate surface area is 131 Å². The van der Waals surface area contributed by atoms with Crippen LogP contribution in [0.4, 0.5) is 0 Å². The van der Waals surface area contributed by atoms with Crippen molar-refractivity contribution in [1.82, 2.24) is 4.72 Å². The van der Waals surface area contributed by atoms with Crippen LogP contribution in [0.5, 0.6) is 5.75 Å². The zero-order valence-electron chi connectivity index (χ0n) is 12.3. The topological polar surface area (TPSA) is 55.4 Å². The second-order valence-electron chi connectivity index (χ2n) is 5.35. The molecule has 1 aliphatic rings. The first-order valence-electron chi connectivity index (χ1n) is 7.44. The van der Waals surface area contributed by atoms with Crippen molar-refractivity contribution in [3.63, 3.8) is 0 Å². The van der Waals surface area contributed by atoms with Gasteiger partial charge in [0.25, 0.3) is 0 Å². The molecule has 0 radical (unpaired) electrons. The predicted octanol–water partition coefficient (Wildman–Crippen LogP) is 2.53. The van der Waals surface area contributed by atoms with E-state index in [4.69, 9.17) is 4.74 Å². The Kier molecular flexibility index (Phi) is 4.45. The smallest absolute Gasteiger partial charge is 0.240 e. The van der Waals surface area contributed by atoms with E-state index in [0.29, 0.717) is 24.5 Å². The number of benzene rings is 2. The average molecular weight is 317 g/mol. The summed E-state index contributed by atoms with van der Waals surface area (Å²) in [6.07, 6.45) is 2.47. The number of ether oxygens (including phenoxy) is 1. The van der Waals surface area contributed by atoms with Crippen molar-refractivity contribution in [3.05, 3.63) is 59.7 Å². The Morgan fingerprint density at radius 1 is 1.09 bits per heavy atom. The second kappa shape index (κ2) is 6.50. The molecule has 2 aromatic rings. The van der Waals surface area contributed by atoms with Crippen LogP contribution in [0.25, 0.3) is 0 Å². The lowest BCUT2D eigenvalue weighted by Crippen LogP contribution is -2.26. The molecule has 0 spiro atoms. The Bertz CT molecular complexity index is 742. The highest BCUT2D eigenvalue weighted by Gasteiger charge is 2.17. The molecule has 0 bridgehead atoms. The minimum Gasteiger partial charge on any atom is -0.493 e. The van der Waals surface area contributed by atoms with Gasteiger partial charge in [-0.3, -0.25) is 0 Å². The molecular formula is C17H19NO3S. The van der Waals surface area contributed by atoms with Crippen molar-refractivity contribution < 1.29 is 13.2 Å². The van der Waals surface area contributed by atoms with Crippen molar-refractivity contribution in [3.8, 4) is 5.75 Å². The largest absolute Gasteiger partial charge is 0.493 e. The van der Waals surface area contributed by atoms with Gasteiger partial charge in [-0.05, 0) is 48.6 Å². The van der Waals surface area contributed by atoms with Gasteiger partial charge in [0.15, 0.2) is 0 Å². The molecule has 3 rings (SSSR count). The van der Waals surface area contributed by atoms with Gasteiger partial charge in [0.2, 0.25) is 10.0 Å². The molecule has 0 unspecified atom stereocenters. The van der Waals surface area contributed by atoms with Gasteiger partial charge in [-0.1, -0.05) is 30.3 Å². The van der Waals surface area contributed by atoms with Crippen LogP contribution in [-0.4, -0.2) is 21.6 Å². The lowest BCUT2D eigenvalue weighted by Gasteiger charge is -2.18. The van der Waals surface area contributed by atoms with Crippen molar-refractivity contribution in [2.24, 2.45) is 0 Å². The molecule has 1 heterocycles. The standard InChI is InChI=1S/C17H19NO3S/c19-22(20,18-11-10-14-5-2-1-3-6-14)16-8-9-17-15(13-16)7-4-12-21-17/h1-3,5-6,8-9,13,18H,4,7,10-12H2. The van der Waals surface area contributed by atoms with Gasteiger partial charge >= 0.3 is 0 Å². The number of nitrogens with one attached hydrogen (secondary N) is 1. The van der Waals surface area contributed by atoms with Gasteiger partial charge in [-0.2, -0.15) is 0 Å². The number of sulfonamides is 1. The van der Waals surface area contributed by atoms with E-state index < -0.39 is 10.0 Å². The number of rotatable bonds is 5. The highest BCUT2D eigenvalue weighted by molar-refractivity contribution is 7.89. The van der Waals surface area contributed by atoms with E-state index in [9.17, 15) is 8.42 Å². The summed E-state index contributed by atoms with van der Waals surface area (Å²) in [5, 5.41) is 0. The van der Waals surface area contributed by atoms with Gasteiger partial charge in [-0.15, -0.1) is 0 Å². The van der Waals surface area contributed by atoms with Crippen LogP contribution in [0, 0.1) is 0 Å². The van der Waals surface area contributed by atoms with Crippen molar-refractivity contribution >= 4 is 10.0 Å². The quantitative estimate of drug-likeness (QED) is 0.922. The molecule has 2 aromatic carbocycles. The van der Waals surface area contributed by atoms with Gasteiger partial charge in [0, 0.05) is 6.54 Å². The maximum atomic E-state index is 12.4. The number of fused-ring (bicyclic) bond motifs is 1. The third kappa shape index (κ3) is 3.48. The van der Waals surface area contributed by atoms with Crippen LogP contribution in [0.1, 0.15) is 17.5 Å². The van der Waals surface area contributed by atoms with E-state index in [2.05, 4.69) is 4.72 Å².